The summed E-state index contributed by atoms with van der Waals surface area (Å²) in [6.45, 7) is 4.37. The highest BCUT2D eigenvalue weighted by molar-refractivity contribution is 7.91. The maximum absolute atomic E-state index is 12.6. The Morgan fingerprint density at radius 3 is 2.55 bits per heavy atom. The van der Waals surface area contributed by atoms with E-state index >= 15 is 0 Å². The first-order valence-corrected chi connectivity index (χ1v) is 9.38. The molecule has 1 aliphatic rings. The van der Waals surface area contributed by atoms with Crippen molar-refractivity contribution < 1.29 is 13.2 Å². The minimum absolute atomic E-state index is 0.147. The molecule has 0 fully saturated rings. The van der Waals surface area contributed by atoms with E-state index in [9.17, 15) is 13.2 Å². The number of benzene rings is 1. The first kappa shape index (κ1) is 16.8. The molecule has 0 saturated heterocycles. The highest BCUT2D eigenvalue weighted by atomic mass is 32.2. The van der Waals surface area contributed by atoms with Gasteiger partial charge in [0.2, 0.25) is 0 Å². The summed E-state index contributed by atoms with van der Waals surface area (Å²) in [5, 5.41) is -0.599. The van der Waals surface area contributed by atoms with Crippen LogP contribution in [0, 0.1) is 0 Å². The quantitative estimate of drug-likeness (QED) is 0.844. The van der Waals surface area contributed by atoms with Crippen LogP contribution in [0.15, 0.2) is 18.2 Å². The minimum atomic E-state index is -3.18. The number of amides is 1. The molecule has 2 rings (SSSR count). The molecule has 1 aromatic carbocycles. The zero-order valence-corrected chi connectivity index (χ0v) is 14.6. The lowest BCUT2D eigenvalue weighted by Crippen LogP contribution is -2.44. The number of sulfone groups is 1. The van der Waals surface area contributed by atoms with E-state index in [0.29, 0.717) is 5.56 Å². The molecule has 1 aromatic rings. The summed E-state index contributed by atoms with van der Waals surface area (Å²) in [6, 6.07) is 5.34. The topological polar surface area (TPSA) is 57.7 Å². The number of fused-ring (bicyclic) bond motifs is 1. The van der Waals surface area contributed by atoms with Crippen molar-refractivity contribution in [1.29, 1.82) is 0 Å². The van der Waals surface area contributed by atoms with Crippen molar-refractivity contribution in [2.75, 3.05) is 31.8 Å². The van der Waals surface area contributed by atoms with Crippen molar-refractivity contribution in [3.8, 4) is 0 Å². The van der Waals surface area contributed by atoms with Gasteiger partial charge >= 0.3 is 0 Å². The van der Waals surface area contributed by atoms with Crippen LogP contribution in [0.2, 0.25) is 0 Å². The Kier molecular flexibility index (Phi) is 4.52. The lowest BCUT2D eigenvalue weighted by Gasteiger charge is -2.29. The van der Waals surface area contributed by atoms with Gasteiger partial charge in [0.05, 0.1) is 5.25 Å². The van der Waals surface area contributed by atoms with Crippen LogP contribution < -0.4 is 4.90 Å². The highest BCUT2D eigenvalue weighted by Gasteiger charge is 2.29. The smallest absolute Gasteiger partial charge is 0.253 e. The molecule has 22 heavy (non-hydrogen) atoms. The molecular formula is C16H24N2O3S. The van der Waals surface area contributed by atoms with E-state index in [4.69, 9.17) is 0 Å². The summed E-state index contributed by atoms with van der Waals surface area (Å²) < 4.78 is 23.4. The third kappa shape index (κ3) is 3.11. The average Bonchev–Trinajstić information content (AvgIpc) is 2.84. The van der Waals surface area contributed by atoms with E-state index in [0.717, 1.165) is 18.7 Å². The van der Waals surface area contributed by atoms with Gasteiger partial charge in [0.15, 0.2) is 9.84 Å². The number of rotatable bonds is 4. The second-order valence-electron chi connectivity index (χ2n) is 6.21. The van der Waals surface area contributed by atoms with Gasteiger partial charge in [0, 0.05) is 44.2 Å². The Morgan fingerprint density at radius 1 is 1.32 bits per heavy atom. The van der Waals surface area contributed by atoms with Gasteiger partial charge in [-0.05, 0) is 38.0 Å². The van der Waals surface area contributed by atoms with Crippen LogP contribution in [0.3, 0.4) is 0 Å². The van der Waals surface area contributed by atoms with E-state index in [2.05, 4.69) is 4.90 Å². The van der Waals surface area contributed by atoms with Gasteiger partial charge in [-0.15, -0.1) is 0 Å². The summed E-state index contributed by atoms with van der Waals surface area (Å²) in [6.07, 6.45) is 2.20. The van der Waals surface area contributed by atoms with Crippen LogP contribution in [0.5, 0.6) is 0 Å². The fourth-order valence-electron chi connectivity index (χ4n) is 2.73. The van der Waals surface area contributed by atoms with Gasteiger partial charge < -0.3 is 9.80 Å². The van der Waals surface area contributed by atoms with E-state index in [1.54, 1.807) is 20.9 Å². The maximum atomic E-state index is 12.6. The number of anilines is 1. The van der Waals surface area contributed by atoms with Gasteiger partial charge in [-0.1, -0.05) is 6.07 Å². The molecule has 0 radical (unpaired) electrons. The highest BCUT2D eigenvalue weighted by Crippen LogP contribution is 2.28. The molecule has 122 valence electrons. The second-order valence-corrected chi connectivity index (χ2v) is 8.61. The predicted octanol–water partition coefficient (Wildman–Crippen LogP) is 1.57. The molecule has 0 aromatic heterocycles. The molecular weight excluding hydrogens is 300 g/mol. The van der Waals surface area contributed by atoms with Crippen molar-refractivity contribution in [2.45, 2.75) is 31.6 Å². The third-order valence-corrected chi connectivity index (χ3v) is 6.49. The molecule has 6 heteroatoms. The van der Waals surface area contributed by atoms with Crippen LogP contribution in [0.25, 0.3) is 0 Å². The number of hydrogen-bond acceptors (Lipinski definition) is 4. The Hall–Kier alpha value is -1.56. The van der Waals surface area contributed by atoms with Crippen molar-refractivity contribution in [2.24, 2.45) is 0 Å². The second kappa shape index (κ2) is 5.91. The Morgan fingerprint density at radius 2 is 1.95 bits per heavy atom. The zero-order valence-electron chi connectivity index (χ0n) is 13.8. The molecule has 1 aliphatic heterocycles. The largest absolute Gasteiger partial charge is 0.374 e. The summed E-state index contributed by atoms with van der Waals surface area (Å²) in [4.78, 5) is 16.3. The standard InChI is InChI=1S/C16H24N2O3S/c1-11(12(2)22(5,20)21)18(4)16(19)14-7-6-13-8-9-17(3)15(13)10-14/h6-7,10-12H,8-9H2,1-5H3/t11-,12-/m0/s1. The third-order valence-electron chi connectivity index (χ3n) is 4.75. The van der Waals surface area contributed by atoms with Crippen LogP contribution in [-0.2, 0) is 16.3 Å². The molecule has 2 atom stereocenters. The molecule has 0 unspecified atom stereocenters. The van der Waals surface area contributed by atoms with Crippen molar-refractivity contribution in [1.82, 2.24) is 4.90 Å². The Balaban J connectivity index is 2.23. The maximum Gasteiger partial charge on any atom is 0.253 e. The number of nitrogens with zero attached hydrogens (tertiary/aromatic N) is 2. The number of carbonyl (C=O) groups excluding carboxylic acids is 1. The van der Waals surface area contributed by atoms with Crippen LogP contribution >= 0.6 is 0 Å². The summed E-state index contributed by atoms with van der Waals surface area (Å²) in [5.41, 5.74) is 2.94. The minimum Gasteiger partial charge on any atom is -0.374 e. The molecule has 1 amide bonds. The fourth-order valence-corrected chi connectivity index (χ4v) is 3.63. The van der Waals surface area contributed by atoms with E-state index in [1.807, 2.05) is 25.2 Å². The van der Waals surface area contributed by atoms with Gasteiger partial charge in [-0.25, -0.2) is 8.42 Å². The first-order chi connectivity index (χ1) is 10.1. The van der Waals surface area contributed by atoms with Crippen LogP contribution in [0.4, 0.5) is 5.69 Å². The van der Waals surface area contributed by atoms with Gasteiger partial charge in [-0.2, -0.15) is 0 Å². The fraction of sp³-hybridized carbons (Fsp3) is 0.562. The SMILES string of the molecule is C[C@@H]([C@H](C)S(C)(=O)=O)N(C)C(=O)c1ccc2c(c1)N(C)CC2. The first-order valence-electron chi connectivity index (χ1n) is 7.43. The molecule has 0 N–H and O–H groups in total. The van der Waals surface area contributed by atoms with Gasteiger partial charge in [0.25, 0.3) is 5.91 Å². The van der Waals surface area contributed by atoms with E-state index in [1.165, 1.54) is 16.7 Å². The summed E-state index contributed by atoms with van der Waals surface area (Å²) in [7, 11) is 0.487. The molecule has 0 saturated carbocycles. The normalized spacial score (nSPS) is 17.0. The Bertz CT molecular complexity index is 685. The van der Waals surface area contributed by atoms with Crippen LogP contribution in [-0.4, -0.2) is 57.4 Å². The summed E-state index contributed by atoms with van der Waals surface area (Å²) in [5.74, 6) is -0.147. The lowest BCUT2D eigenvalue weighted by atomic mass is 10.1. The molecule has 5 nitrogen and oxygen atoms in total. The summed E-state index contributed by atoms with van der Waals surface area (Å²) >= 11 is 0. The number of likely N-dealkylation sites (N-methyl/N-ethyl adjacent to an activating group) is 1. The molecule has 1 heterocycles. The number of hydrogen-bond donors (Lipinski definition) is 0. The average molecular weight is 324 g/mol. The predicted molar refractivity (Wildman–Crippen MR) is 89.3 cm³/mol. The van der Waals surface area contributed by atoms with Crippen molar-refractivity contribution in [3.63, 3.8) is 0 Å². The van der Waals surface area contributed by atoms with Crippen LogP contribution in [0.1, 0.15) is 29.8 Å². The van der Waals surface area contributed by atoms with Gasteiger partial charge in [-0.3, -0.25) is 4.79 Å². The van der Waals surface area contributed by atoms with Crippen molar-refractivity contribution >= 4 is 21.4 Å². The monoisotopic (exact) mass is 324 g/mol. The lowest BCUT2D eigenvalue weighted by molar-refractivity contribution is 0.0743. The van der Waals surface area contributed by atoms with Crippen molar-refractivity contribution in [3.05, 3.63) is 29.3 Å². The van der Waals surface area contributed by atoms with E-state index < -0.39 is 15.1 Å². The molecule has 0 bridgehead atoms. The van der Waals surface area contributed by atoms with Gasteiger partial charge in [0.1, 0.15) is 0 Å². The molecule has 0 aliphatic carbocycles. The zero-order chi connectivity index (χ0) is 16.7. The number of carbonyl (C=O) groups is 1. The Labute approximate surface area is 132 Å². The van der Waals surface area contributed by atoms with E-state index in [-0.39, 0.29) is 11.9 Å². The molecule has 0 spiro atoms.